The number of halogens is 4. The van der Waals surface area contributed by atoms with Gasteiger partial charge in [-0.05, 0) is 52.3 Å². The van der Waals surface area contributed by atoms with Crippen molar-refractivity contribution in [2.45, 2.75) is 57.1 Å². The smallest absolute Gasteiger partial charge is 0.423 e. The van der Waals surface area contributed by atoms with Crippen LogP contribution in [-0.4, -0.2) is 102 Å². The Kier molecular flexibility index (Phi) is 9.74. The lowest BCUT2D eigenvalue weighted by Crippen LogP contribution is -2.57. The highest BCUT2D eigenvalue weighted by Gasteiger charge is 2.49. The largest absolute Gasteiger partial charge is 0.495 e. The molecule has 1 amide bonds. The van der Waals surface area contributed by atoms with Crippen LogP contribution in [0.2, 0.25) is 0 Å². The maximum atomic E-state index is 15.6. The molecule has 1 aromatic rings. The number of carbonyl (C=O) groups is 1. The second-order valence-electron chi connectivity index (χ2n) is 11.6. The third kappa shape index (κ3) is 6.97. The molecule has 0 spiro atoms. The molecule has 0 radical (unpaired) electrons. The van der Waals surface area contributed by atoms with Crippen molar-refractivity contribution in [1.29, 1.82) is 0 Å². The van der Waals surface area contributed by atoms with Crippen molar-refractivity contribution in [1.82, 2.24) is 29.6 Å². The Labute approximate surface area is 251 Å². The maximum Gasteiger partial charge on any atom is 0.423 e. The van der Waals surface area contributed by atoms with Gasteiger partial charge >= 0.3 is 6.18 Å². The highest BCUT2D eigenvalue weighted by molar-refractivity contribution is 7.81. The molecular weight excluding hydrogens is 594 g/mol. The van der Waals surface area contributed by atoms with E-state index in [1.54, 1.807) is 23.3 Å². The molecule has 0 bridgehead atoms. The number of ether oxygens (including phenoxy) is 2. The summed E-state index contributed by atoms with van der Waals surface area (Å²) in [4.78, 5) is 23.1. The number of allylic oxidation sites excluding steroid dienone is 1. The lowest BCUT2D eigenvalue weighted by Gasteiger charge is -2.37. The van der Waals surface area contributed by atoms with Crippen LogP contribution in [0.25, 0.3) is 0 Å². The molecule has 1 saturated heterocycles. The summed E-state index contributed by atoms with van der Waals surface area (Å²) in [5.74, 6) is -1.46. The number of hydrazine groups is 1. The predicted octanol–water partition coefficient (Wildman–Crippen LogP) is 2.82. The number of thiol groups is 1. The van der Waals surface area contributed by atoms with Crippen LogP contribution in [0.3, 0.4) is 0 Å². The molecule has 1 saturated carbocycles. The van der Waals surface area contributed by atoms with Crippen LogP contribution in [0.15, 0.2) is 29.8 Å². The van der Waals surface area contributed by atoms with Crippen LogP contribution in [0.4, 0.5) is 23.5 Å². The van der Waals surface area contributed by atoms with E-state index in [9.17, 15) is 22.2 Å². The van der Waals surface area contributed by atoms with Crippen LogP contribution in [-0.2, 0) is 30.9 Å². The van der Waals surface area contributed by atoms with Gasteiger partial charge < -0.3 is 19.7 Å². The monoisotopic (exact) mass is 634 g/mol. The number of anilines is 1. The number of hydrogen-bond donors (Lipinski definition) is 2. The summed E-state index contributed by atoms with van der Waals surface area (Å²) in [6.07, 6.45) is -1.08. The fourth-order valence-corrected chi connectivity index (χ4v) is 6.31. The van der Waals surface area contributed by atoms with E-state index >= 15 is 4.39 Å². The van der Waals surface area contributed by atoms with E-state index in [4.69, 9.17) is 9.47 Å². The van der Waals surface area contributed by atoms with Gasteiger partial charge in [0.1, 0.15) is 46.3 Å². The molecule has 4 rings (SSSR count). The van der Waals surface area contributed by atoms with Crippen molar-refractivity contribution < 1.29 is 36.0 Å². The lowest BCUT2D eigenvalue weighted by molar-refractivity contribution is -0.140. The standard InChI is InChI=1S/C27H39F4N7O4S/c1-25(23(39)35-38-12-10-36(3)11-13-38)15-19(41-5)18(14-20(25)28)33-24-32-16-17(27(29,30)31)22(34-24)42-21-8-7-9-26(21,2)37(4)43(6)40/h14-16,20-21H,7-13H2,1-6H3,(H,35,39)(H,32,33,34)/p+1/t20?,21-,25?,26+,43?/m1/s1. The van der Waals surface area contributed by atoms with Crippen LogP contribution in [0, 0.1) is 5.41 Å². The Morgan fingerprint density at radius 3 is 2.51 bits per heavy atom. The number of carbonyl (C=O) groups excluding carboxylic acids is 1. The molecule has 5 atom stereocenters. The molecule has 240 valence electrons. The van der Waals surface area contributed by atoms with Crippen LogP contribution < -0.4 is 15.5 Å². The zero-order valence-corrected chi connectivity index (χ0v) is 26.1. The number of hydrogen-bond acceptors (Lipinski definition) is 9. The molecule has 16 heteroatoms. The minimum Gasteiger partial charge on any atom is -0.495 e. The summed E-state index contributed by atoms with van der Waals surface area (Å²) in [6.45, 7) is 5.91. The highest BCUT2D eigenvalue weighted by Crippen LogP contribution is 2.42. The van der Waals surface area contributed by atoms with E-state index in [-0.39, 0.29) is 17.4 Å². The first-order chi connectivity index (χ1) is 20.1. The normalized spacial score (nSPS) is 29.6. The topological polar surface area (TPSA) is 112 Å². The fraction of sp³-hybridized carbons (Fsp3) is 0.667. The highest BCUT2D eigenvalue weighted by atomic mass is 32.2. The first-order valence-corrected chi connectivity index (χ1v) is 15.6. The van der Waals surface area contributed by atoms with E-state index in [1.165, 1.54) is 26.4 Å². The first kappa shape index (κ1) is 33.1. The van der Waals surface area contributed by atoms with Gasteiger partial charge in [-0.2, -0.15) is 18.2 Å². The predicted molar refractivity (Wildman–Crippen MR) is 154 cm³/mol. The van der Waals surface area contributed by atoms with Gasteiger partial charge in [-0.25, -0.2) is 14.4 Å². The quantitative estimate of drug-likeness (QED) is 0.241. The summed E-state index contributed by atoms with van der Waals surface area (Å²) < 4.78 is 82.6. The molecule has 2 aliphatic carbocycles. The molecule has 0 aromatic carbocycles. The lowest BCUT2D eigenvalue weighted by atomic mass is 9.80. The Hall–Kier alpha value is -2.82. The average Bonchev–Trinajstić information content (AvgIpc) is 3.31. The maximum absolute atomic E-state index is 15.6. The second-order valence-corrected chi connectivity index (χ2v) is 13.1. The van der Waals surface area contributed by atoms with Gasteiger partial charge in [-0.1, -0.05) is 4.21 Å². The molecule has 2 fully saturated rings. The molecule has 43 heavy (non-hydrogen) atoms. The van der Waals surface area contributed by atoms with E-state index < -0.39 is 57.7 Å². The average molecular weight is 635 g/mol. The fourth-order valence-electron chi connectivity index (χ4n) is 5.44. The summed E-state index contributed by atoms with van der Waals surface area (Å²) in [6, 6.07) is 0. The second kappa shape index (κ2) is 12.7. The number of methoxy groups -OCH3 is 1. The Morgan fingerprint density at radius 1 is 1.23 bits per heavy atom. The minimum absolute atomic E-state index is 0.0407. The molecule has 1 aliphatic heterocycles. The Morgan fingerprint density at radius 2 is 1.91 bits per heavy atom. The summed E-state index contributed by atoms with van der Waals surface area (Å²) >= 11 is 0. The van der Waals surface area contributed by atoms with Crippen LogP contribution >= 0.6 is 0 Å². The van der Waals surface area contributed by atoms with Crippen molar-refractivity contribution in [3.05, 3.63) is 35.4 Å². The zero-order valence-electron chi connectivity index (χ0n) is 25.2. The molecule has 3 aliphatic rings. The van der Waals surface area contributed by atoms with Crippen molar-refractivity contribution >= 4 is 22.8 Å². The van der Waals surface area contributed by atoms with Gasteiger partial charge in [-0.3, -0.25) is 10.2 Å². The van der Waals surface area contributed by atoms with Gasteiger partial charge in [0.2, 0.25) is 17.7 Å². The molecule has 3 unspecified atom stereocenters. The van der Waals surface area contributed by atoms with Crippen LogP contribution in [0.1, 0.15) is 38.7 Å². The van der Waals surface area contributed by atoms with E-state index in [1.807, 2.05) is 7.05 Å². The number of alkyl halides is 4. The number of nitrogens with one attached hydrogen (secondary N) is 2. The van der Waals surface area contributed by atoms with E-state index in [2.05, 4.69) is 25.6 Å². The van der Waals surface area contributed by atoms with Crippen molar-refractivity contribution in [3.63, 3.8) is 0 Å². The van der Waals surface area contributed by atoms with Gasteiger partial charge in [0.15, 0.2) is 0 Å². The molecule has 11 nitrogen and oxygen atoms in total. The van der Waals surface area contributed by atoms with E-state index in [0.717, 1.165) is 19.2 Å². The third-order valence-electron chi connectivity index (χ3n) is 8.62. The molecular formula is C27H40F4N7O4S+. The molecule has 1 aromatic heterocycles. The molecule has 2 N–H and O–H groups in total. The van der Waals surface area contributed by atoms with Gasteiger partial charge in [0.25, 0.3) is 0 Å². The summed E-state index contributed by atoms with van der Waals surface area (Å²) in [7, 11) is 3.19. The summed E-state index contributed by atoms with van der Waals surface area (Å²) in [5.41, 5.74) is -0.748. The van der Waals surface area contributed by atoms with E-state index in [0.29, 0.717) is 38.5 Å². The Bertz CT molecular complexity index is 1290. The third-order valence-corrected chi connectivity index (χ3v) is 9.92. The number of rotatable bonds is 9. The van der Waals surface area contributed by atoms with Gasteiger partial charge in [0, 0.05) is 39.4 Å². The van der Waals surface area contributed by atoms with Crippen molar-refractivity contribution in [3.8, 4) is 5.88 Å². The van der Waals surface area contributed by atoms with Crippen molar-refractivity contribution in [2.24, 2.45) is 5.41 Å². The first-order valence-electron chi connectivity index (χ1n) is 14.0. The Balaban J connectivity index is 1.57. The SMILES string of the molecule is COC1=CC(C)(C(=O)NN2CCN(C)CC2)C(F)C=C1Nc1ncc(C(F)(F)F)c(O[C@@H]2CCC[C@]2(C)N(C)[SH+](C)=O)n1. The minimum atomic E-state index is -4.81. The molecule has 2 heterocycles. The number of aromatic nitrogens is 2. The zero-order chi connectivity index (χ0) is 31.7. The summed E-state index contributed by atoms with van der Waals surface area (Å²) in [5, 5.41) is 4.47. The number of likely N-dealkylation sites (N-methyl/N-ethyl adjacent to an activating group) is 2. The van der Waals surface area contributed by atoms with Crippen LogP contribution in [0.5, 0.6) is 5.88 Å². The van der Waals surface area contributed by atoms with Gasteiger partial charge in [0.05, 0.1) is 18.3 Å². The number of piperazine rings is 1. The number of nitrogens with zero attached hydrogens (tertiary/aromatic N) is 5. The van der Waals surface area contributed by atoms with Crippen molar-refractivity contribution in [2.75, 3.05) is 59.0 Å². The van der Waals surface area contributed by atoms with Gasteiger partial charge in [-0.15, -0.1) is 4.31 Å². The number of amides is 1.